The first-order valence-corrected chi connectivity index (χ1v) is 5.53. The minimum atomic E-state index is -0.161. The molecule has 16 heavy (non-hydrogen) atoms. The molecular weight excluding hydrogens is 204 g/mol. The second-order valence-corrected chi connectivity index (χ2v) is 4.34. The van der Waals surface area contributed by atoms with Crippen LogP contribution in [0.2, 0.25) is 0 Å². The Balaban J connectivity index is 2.26. The summed E-state index contributed by atoms with van der Waals surface area (Å²) in [5.41, 5.74) is 2.33. The Morgan fingerprint density at radius 1 is 1.56 bits per heavy atom. The normalized spacial score (nSPS) is 20.2. The third kappa shape index (κ3) is 1.77. The van der Waals surface area contributed by atoms with E-state index in [1.54, 1.807) is 12.1 Å². The number of methoxy groups -OCH3 is 1. The number of benzene rings is 1. The van der Waals surface area contributed by atoms with Gasteiger partial charge in [-0.05, 0) is 42.0 Å². The molecule has 0 aliphatic heterocycles. The number of aryl methyl sites for hydroxylation is 1. The summed E-state index contributed by atoms with van der Waals surface area (Å²) in [6.07, 6.45) is 1.88. The van der Waals surface area contributed by atoms with Gasteiger partial charge in [-0.25, -0.2) is 0 Å². The number of carbonyl (C=O) groups excluding carboxylic acids is 1. The fraction of sp³-hybridized carbons (Fsp3) is 0.462. The minimum absolute atomic E-state index is 0.115. The van der Waals surface area contributed by atoms with Crippen LogP contribution in [0.3, 0.4) is 0 Å². The van der Waals surface area contributed by atoms with Gasteiger partial charge in [0.25, 0.3) is 0 Å². The van der Waals surface area contributed by atoms with Gasteiger partial charge in [-0.15, -0.1) is 0 Å². The van der Waals surface area contributed by atoms with Gasteiger partial charge in [-0.1, -0.05) is 13.0 Å². The molecule has 0 amide bonds. The number of carbonyl (C=O) groups is 1. The van der Waals surface area contributed by atoms with Crippen molar-refractivity contribution in [2.24, 2.45) is 5.92 Å². The Kier molecular flexibility index (Phi) is 2.86. The van der Waals surface area contributed by atoms with E-state index in [2.05, 4.69) is 0 Å². The van der Waals surface area contributed by atoms with Crippen LogP contribution >= 0.6 is 0 Å². The zero-order valence-corrected chi connectivity index (χ0v) is 9.56. The summed E-state index contributed by atoms with van der Waals surface area (Å²) in [5, 5.41) is 9.38. The van der Waals surface area contributed by atoms with E-state index >= 15 is 0 Å². The Bertz CT molecular complexity index is 412. The molecule has 0 fully saturated rings. The lowest BCUT2D eigenvalue weighted by atomic mass is 9.89. The molecule has 86 valence electrons. The Labute approximate surface area is 95.0 Å². The summed E-state index contributed by atoms with van der Waals surface area (Å²) in [6, 6.07) is 5.39. The third-order valence-electron chi connectivity index (χ3n) is 3.43. The van der Waals surface area contributed by atoms with Crippen LogP contribution in [0.5, 0.6) is 5.75 Å². The van der Waals surface area contributed by atoms with Crippen molar-refractivity contribution < 1.29 is 14.6 Å². The zero-order valence-electron chi connectivity index (χ0n) is 9.56. The Hall–Kier alpha value is -1.51. The van der Waals surface area contributed by atoms with E-state index in [4.69, 9.17) is 4.74 Å². The summed E-state index contributed by atoms with van der Waals surface area (Å²) in [4.78, 5) is 11.5. The molecule has 0 heterocycles. The van der Waals surface area contributed by atoms with Gasteiger partial charge in [-0.2, -0.15) is 0 Å². The highest BCUT2D eigenvalue weighted by atomic mass is 16.5. The maximum Gasteiger partial charge on any atom is 0.308 e. The topological polar surface area (TPSA) is 46.5 Å². The van der Waals surface area contributed by atoms with Crippen molar-refractivity contribution in [2.45, 2.75) is 25.7 Å². The van der Waals surface area contributed by atoms with Crippen LogP contribution in [0.15, 0.2) is 18.2 Å². The second kappa shape index (κ2) is 4.16. The molecule has 0 spiro atoms. The van der Waals surface area contributed by atoms with Crippen molar-refractivity contribution >= 4 is 5.97 Å². The molecule has 1 N–H and O–H groups in total. The number of rotatable bonds is 2. The molecule has 2 atom stereocenters. The van der Waals surface area contributed by atoms with Gasteiger partial charge in [0.05, 0.1) is 13.0 Å². The van der Waals surface area contributed by atoms with Gasteiger partial charge >= 0.3 is 5.97 Å². The molecule has 1 aromatic rings. The van der Waals surface area contributed by atoms with Crippen LogP contribution in [0.4, 0.5) is 0 Å². The molecule has 0 unspecified atom stereocenters. The van der Waals surface area contributed by atoms with E-state index in [1.807, 2.05) is 13.0 Å². The van der Waals surface area contributed by atoms with Crippen LogP contribution < -0.4 is 0 Å². The molecule has 0 saturated carbocycles. The number of hydrogen-bond acceptors (Lipinski definition) is 3. The Morgan fingerprint density at radius 3 is 3.00 bits per heavy atom. The average molecular weight is 220 g/mol. The third-order valence-corrected chi connectivity index (χ3v) is 3.43. The molecule has 0 radical (unpaired) electrons. The second-order valence-electron chi connectivity index (χ2n) is 4.34. The number of phenols is 1. The predicted octanol–water partition coefficient (Wildman–Crippen LogP) is 2.23. The zero-order chi connectivity index (χ0) is 11.7. The van der Waals surface area contributed by atoms with Crippen molar-refractivity contribution in [1.29, 1.82) is 0 Å². The quantitative estimate of drug-likeness (QED) is 0.777. The van der Waals surface area contributed by atoms with E-state index < -0.39 is 0 Å². The largest absolute Gasteiger partial charge is 0.508 e. The minimum Gasteiger partial charge on any atom is -0.508 e. The number of fused-ring (bicyclic) bond motifs is 1. The molecule has 2 rings (SSSR count). The van der Waals surface area contributed by atoms with Gasteiger partial charge in [0.2, 0.25) is 0 Å². The molecule has 3 nitrogen and oxygen atoms in total. The number of phenolic OH excluding ortho intramolecular Hbond substituents is 1. The van der Waals surface area contributed by atoms with E-state index in [0.717, 1.165) is 18.4 Å². The van der Waals surface area contributed by atoms with Crippen molar-refractivity contribution in [2.75, 3.05) is 7.11 Å². The van der Waals surface area contributed by atoms with E-state index in [-0.39, 0.29) is 17.8 Å². The molecule has 1 aliphatic rings. The van der Waals surface area contributed by atoms with Crippen LogP contribution in [0, 0.1) is 5.92 Å². The summed E-state index contributed by atoms with van der Waals surface area (Å²) in [6.45, 7) is 1.90. The number of esters is 1. The summed E-state index contributed by atoms with van der Waals surface area (Å²) >= 11 is 0. The highest BCUT2D eigenvalue weighted by molar-refractivity contribution is 5.73. The van der Waals surface area contributed by atoms with Crippen LogP contribution in [0.1, 0.15) is 30.4 Å². The van der Waals surface area contributed by atoms with Gasteiger partial charge < -0.3 is 9.84 Å². The molecule has 0 saturated heterocycles. The maximum atomic E-state index is 11.5. The Morgan fingerprint density at radius 2 is 2.31 bits per heavy atom. The van der Waals surface area contributed by atoms with Crippen molar-refractivity contribution in [3.8, 4) is 5.75 Å². The first kappa shape index (κ1) is 11.0. The fourth-order valence-corrected chi connectivity index (χ4v) is 2.51. The standard InChI is InChI=1S/C13H16O3/c1-8(13(15)16-2)11-5-3-9-7-10(14)4-6-12(9)11/h4,6-8,11,14H,3,5H2,1-2H3/t8-,11-/m0/s1. The van der Waals surface area contributed by atoms with Crippen LogP contribution in [0.25, 0.3) is 0 Å². The lowest BCUT2D eigenvalue weighted by Crippen LogP contribution is -2.19. The number of ether oxygens (including phenoxy) is 1. The lowest BCUT2D eigenvalue weighted by Gasteiger charge is -2.17. The van der Waals surface area contributed by atoms with Crippen LogP contribution in [-0.2, 0) is 16.0 Å². The first-order valence-electron chi connectivity index (χ1n) is 5.53. The SMILES string of the molecule is COC(=O)[C@@H](C)[C@@H]1CCc2cc(O)ccc21. The summed E-state index contributed by atoms with van der Waals surface area (Å²) in [5.74, 6) is 0.245. The molecule has 1 aliphatic carbocycles. The average Bonchev–Trinajstić information content (AvgIpc) is 2.69. The highest BCUT2D eigenvalue weighted by Gasteiger charge is 2.31. The molecule has 0 aromatic heterocycles. The number of aromatic hydroxyl groups is 1. The molecule has 0 bridgehead atoms. The monoisotopic (exact) mass is 220 g/mol. The van der Waals surface area contributed by atoms with Gasteiger partial charge in [0, 0.05) is 0 Å². The molecule has 3 heteroatoms. The first-order chi connectivity index (χ1) is 7.63. The fourth-order valence-electron chi connectivity index (χ4n) is 2.51. The van der Waals surface area contributed by atoms with Crippen molar-refractivity contribution in [3.63, 3.8) is 0 Å². The summed E-state index contributed by atoms with van der Waals surface area (Å²) < 4.78 is 4.77. The van der Waals surface area contributed by atoms with Gasteiger partial charge in [-0.3, -0.25) is 4.79 Å². The van der Waals surface area contributed by atoms with Gasteiger partial charge in [0.15, 0.2) is 0 Å². The van der Waals surface area contributed by atoms with E-state index in [0.29, 0.717) is 5.75 Å². The predicted molar refractivity (Wildman–Crippen MR) is 60.3 cm³/mol. The molecular formula is C13H16O3. The van der Waals surface area contributed by atoms with Crippen LogP contribution in [-0.4, -0.2) is 18.2 Å². The smallest absolute Gasteiger partial charge is 0.308 e. The summed E-state index contributed by atoms with van der Waals surface area (Å²) in [7, 11) is 1.42. The van der Waals surface area contributed by atoms with Crippen molar-refractivity contribution in [1.82, 2.24) is 0 Å². The lowest BCUT2D eigenvalue weighted by molar-refractivity contribution is -0.145. The van der Waals surface area contributed by atoms with Crippen molar-refractivity contribution in [3.05, 3.63) is 29.3 Å². The highest BCUT2D eigenvalue weighted by Crippen LogP contribution is 2.39. The molecule has 1 aromatic carbocycles. The van der Waals surface area contributed by atoms with Gasteiger partial charge in [0.1, 0.15) is 5.75 Å². The van der Waals surface area contributed by atoms with E-state index in [9.17, 15) is 9.90 Å². The number of hydrogen-bond donors (Lipinski definition) is 1. The maximum absolute atomic E-state index is 11.5. The van der Waals surface area contributed by atoms with E-state index in [1.165, 1.54) is 12.7 Å².